The average Bonchev–Trinajstić information content (AvgIpc) is 3.00. The molecule has 0 bridgehead atoms. The Morgan fingerprint density at radius 2 is 2.28 bits per heavy atom. The van der Waals surface area contributed by atoms with E-state index in [4.69, 9.17) is 0 Å². The molecule has 4 nitrogen and oxygen atoms in total. The molecule has 1 saturated heterocycles. The van der Waals surface area contributed by atoms with Crippen molar-refractivity contribution in [3.63, 3.8) is 0 Å². The van der Waals surface area contributed by atoms with Crippen LogP contribution in [0.1, 0.15) is 23.6 Å². The van der Waals surface area contributed by atoms with Crippen molar-refractivity contribution in [2.24, 2.45) is 0 Å². The second kappa shape index (κ2) is 4.46. The van der Waals surface area contributed by atoms with Crippen LogP contribution in [0.4, 0.5) is 0 Å². The number of H-pyrrole nitrogens is 1. The summed E-state index contributed by atoms with van der Waals surface area (Å²) < 4.78 is 1.71. The lowest BCUT2D eigenvalue weighted by molar-refractivity contribution is 0.761. The lowest BCUT2D eigenvalue weighted by Crippen LogP contribution is -2.16. The van der Waals surface area contributed by atoms with E-state index >= 15 is 0 Å². The van der Waals surface area contributed by atoms with Gasteiger partial charge in [-0.1, -0.05) is 12.1 Å². The first kappa shape index (κ1) is 11.3. The Labute approximate surface area is 106 Å². The Bertz CT molecular complexity index is 605. The summed E-state index contributed by atoms with van der Waals surface area (Å²) in [7, 11) is 0. The lowest BCUT2D eigenvalue weighted by atomic mass is 9.98. The smallest absolute Gasteiger partial charge is 0.316 e. The Hall–Kier alpha value is -1.81. The highest BCUT2D eigenvalue weighted by atomic mass is 16.1. The lowest BCUT2D eigenvalue weighted by Gasteiger charge is -2.11. The summed E-state index contributed by atoms with van der Waals surface area (Å²) in [4.78, 5) is 14.5. The molecule has 4 heteroatoms. The number of hydrogen-bond acceptors (Lipinski definition) is 2. The van der Waals surface area contributed by atoms with Gasteiger partial charge in [0.15, 0.2) is 0 Å². The number of nitrogens with one attached hydrogen (secondary N) is 2. The summed E-state index contributed by atoms with van der Waals surface area (Å²) in [5.74, 6) is 0.569. The molecule has 1 atom stereocenters. The number of imidazole rings is 1. The highest BCUT2D eigenvalue weighted by Crippen LogP contribution is 2.24. The van der Waals surface area contributed by atoms with Crippen LogP contribution in [-0.2, 0) is 0 Å². The molecule has 1 unspecified atom stereocenters. The van der Waals surface area contributed by atoms with Gasteiger partial charge in [-0.15, -0.1) is 0 Å². The zero-order valence-corrected chi connectivity index (χ0v) is 10.4. The van der Waals surface area contributed by atoms with E-state index in [1.165, 1.54) is 12.0 Å². The summed E-state index contributed by atoms with van der Waals surface area (Å²) >= 11 is 0. The van der Waals surface area contributed by atoms with Gasteiger partial charge in [-0.2, -0.15) is 0 Å². The van der Waals surface area contributed by atoms with Gasteiger partial charge in [0.1, 0.15) is 0 Å². The highest BCUT2D eigenvalue weighted by Gasteiger charge is 2.17. The first-order valence-electron chi connectivity index (χ1n) is 6.34. The van der Waals surface area contributed by atoms with E-state index in [2.05, 4.69) is 22.4 Å². The Morgan fingerprint density at radius 3 is 2.94 bits per heavy atom. The molecule has 0 amide bonds. The van der Waals surface area contributed by atoms with Crippen molar-refractivity contribution >= 4 is 0 Å². The maximum absolute atomic E-state index is 11.8. The average molecular weight is 243 g/mol. The minimum atomic E-state index is -0.0748. The molecule has 2 heterocycles. The standard InChI is InChI=1S/C14H17N3O/c1-10-8-16-14(18)17(10)13-4-2-3-11(7-13)12-5-6-15-9-12/h2-4,7-8,12,15H,5-6,9H2,1H3,(H,16,18). The van der Waals surface area contributed by atoms with Crippen molar-refractivity contribution in [3.05, 3.63) is 52.2 Å². The van der Waals surface area contributed by atoms with Gasteiger partial charge in [0.2, 0.25) is 0 Å². The number of aromatic amines is 1. The quantitative estimate of drug-likeness (QED) is 0.840. The fraction of sp³-hybridized carbons (Fsp3) is 0.357. The molecule has 94 valence electrons. The molecule has 1 aromatic carbocycles. The summed E-state index contributed by atoms with van der Waals surface area (Å²) in [5, 5.41) is 3.37. The molecule has 0 saturated carbocycles. The van der Waals surface area contributed by atoms with Crippen LogP contribution in [0.25, 0.3) is 5.69 Å². The van der Waals surface area contributed by atoms with Crippen molar-refractivity contribution in [3.8, 4) is 5.69 Å². The van der Waals surface area contributed by atoms with E-state index in [1.54, 1.807) is 10.8 Å². The number of benzene rings is 1. The predicted octanol–water partition coefficient (Wildman–Crippen LogP) is 1.55. The largest absolute Gasteiger partial charge is 0.330 e. The van der Waals surface area contributed by atoms with Crippen molar-refractivity contribution in [1.29, 1.82) is 0 Å². The maximum Gasteiger partial charge on any atom is 0.330 e. The Balaban J connectivity index is 2.03. The number of rotatable bonds is 2. The number of nitrogens with zero attached hydrogens (tertiary/aromatic N) is 1. The molecule has 1 aliphatic rings. The molecule has 18 heavy (non-hydrogen) atoms. The summed E-state index contributed by atoms with van der Waals surface area (Å²) in [6.45, 7) is 4.05. The van der Waals surface area contributed by atoms with Gasteiger partial charge in [0.25, 0.3) is 0 Å². The van der Waals surface area contributed by atoms with Crippen LogP contribution in [0, 0.1) is 6.92 Å². The summed E-state index contributed by atoms with van der Waals surface area (Å²) in [6.07, 6.45) is 2.91. The number of hydrogen-bond donors (Lipinski definition) is 2. The fourth-order valence-corrected chi connectivity index (χ4v) is 2.63. The Kier molecular flexibility index (Phi) is 2.80. The first-order valence-corrected chi connectivity index (χ1v) is 6.34. The van der Waals surface area contributed by atoms with Crippen molar-refractivity contribution in [1.82, 2.24) is 14.9 Å². The third-order valence-corrected chi connectivity index (χ3v) is 3.62. The normalized spacial score (nSPS) is 19.3. The van der Waals surface area contributed by atoms with Gasteiger partial charge in [-0.05, 0) is 43.5 Å². The monoisotopic (exact) mass is 243 g/mol. The molecule has 0 aliphatic carbocycles. The number of aryl methyl sites for hydroxylation is 1. The first-order chi connectivity index (χ1) is 8.75. The van der Waals surface area contributed by atoms with Gasteiger partial charge < -0.3 is 10.3 Å². The van der Waals surface area contributed by atoms with Crippen LogP contribution < -0.4 is 11.0 Å². The minimum Gasteiger partial charge on any atom is -0.316 e. The molecule has 0 radical (unpaired) electrons. The second-order valence-corrected chi connectivity index (χ2v) is 4.86. The molecule has 1 aromatic heterocycles. The highest BCUT2D eigenvalue weighted by molar-refractivity contribution is 5.39. The van der Waals surface area contributed by atoms with Crippen LogP contribution >= 0.6 is 0 Å². The topological polar surface area (TPSA) is 49.8 Å². The van der Waals surface area contributed by atoms with Gasteiger partial charge >= 0.3 is 5.69 Å². The van der Waals surface area contributed by atoms with Crippen LogP contribution in [0.15, 0.2) is 35.3 Å². The molecule has 1 aliphatic heterocycles. The third-order valence-electron chi connectivity index (χ3n) is 3.62. The van der Waals surface area contributed by atoms with E-state index in [1.807, 2.05) is 19.1 Å². The van der Waals surface area contributed by atoms with E-state index in [-0.39, 0.29) is 5.69 Å². The molecule has 0 spiro atoms. The van der Waals surface area contributed by atoms with Gasteiger partial charge in [-0.3, -0.25) is 4.57 Å². The molecule has 2 aromatic rings. The molecule has 2 N–H and O–H groups in total. The van der Waals surface area contributed by atoms with Crippen LogP contribution in [0.5, 0.6) is 0 Å². The molecule has 1 fully saturated rings. The van der Waals surface area contributed by atoms with Gasteiger partial charge in [0, 0.05) is 18.4 Å². The van der Waals surface area contributed by atoms with E-state index in [0.717, 1.165) is 24.5 Å². The third kappa shape index (κ3) is 1.88. The van der Waals surface area contributed by atoms with E-state index < -0.39 is 0 Å². The maximum atomic E-state index is 11.8. The van der Waals surface area contributed by atoms with Crippen molar-refractivity contribution in [2.75, 3.05) is 13.1 Å². The molecule has 3 rings (SSSR count). The zero-order chi connectivity index (χ0) is 12.5. The van der Waals surface area contributed by atoms with Gasteiger partial charge in [-0.25, -0.2) is 4.79 Å². The molecular formula is C14H17N3O. The summed E-state index contributed by atoms with van der Waals surface area (Å²) in [5.41, 5.74) is 3.11. The Morgan fingerprint density at radius 1 is 1.39 bits per heavy atom. The fourth-order valence-electron chi connectivity index (χ4n) is 2.63. The van der Waals surface area contributed by atoms with Crippen LogP contribution in [-0.4, -0.2) is 22.6 Å². The summed E-state index contributed by atoms with van der Waals surface area (Å²) in [6, 6.07) is 8.28. The number of aromatic nitrogens is 2. The molecular weight excluding hydrogens is 226 g/mol. The zero-order valence-electron chi connectivity index (χ0n) is 10.4. The van der Waals surface area contributed by atoms with E-state index in [9.17, 15) is 4.79 Å². The SMILES string of the molecule is Cc1c[nH]c(=O)n1-c1cccc(C2CCNC2)c1. The van der Waals surface area contributed by atoms with Crippen molar-refractivity contribution in [2.45, 2.75) is 19.3 Å². The van der Waals surface area contributed by atoms with Crippen molar-refractivity contribution < 1.29 is 0 Å². The van der Waals surface area contributed by atoms with Crippen LogP contribution in [0.2, 0.25) is 0 Å². The van der Waals surface area contributed by atoms with Crippen LogP contribution in [0.3, 0.4) is 0 Å². The van der Waals surface area contributed by atoms with Gasteiger partial charge in [0.05, 0.1) is 5.69 Å². The second-order valence-electron chi connectivity index (χ2n) is 4.86. The van der Waals surface area contributed by atoms with E-state index in [0.29, 0.717) is 5.92 Å². The predicted molar refractivity (Wildman–Crippen MR) is 71.4 cm³/mol. The minimum absolute atomic E-state index is 0.0748.